The highest BCUT2D eigenvalue weighted by Crippen LogP contribution is 2.30. The first-order valence-electron chi connectivity index (χ1n) is 11.7. The highest BCUT2D eigenvalue weighted by molar-refractivity contribution is 5.88. The number of rotatable bonds is 4. The normalized spacial score (nSPS) is 14.7. The summed E-state index contributed by atoms with van der Waals surface area (Å²) in [5.74, 6) is -3.27. The highest BCUT2D eigenvalue weighted by Gasteiger charge is 2.19. The van der Waals surface area contributed by atoms with Crippen LogP contribution in [0.15, 0.2) is 65.5 Å². The molecule has 1 aromatic heterocycles. The number of nitrogens with zero attached hydrogens (tertiary/aromatic N) is 2. The highest BCUT2D eigenvalue weighted by atomic mass is 19.1. The summed E-state index contributed by atoms with van der Waals surface area (Å²) in [4.78, 5) is 20.1. The Bertz CT molecular complexity index is 1420. The number of H-pyrrole nitrogens is 1. The Kier molecular flexibility index (Phi) is 6.11. The van der Waals surface area contributed by atoms with E-state index < -0.39 is 28.6 Å². The van der Waals surface area contributed by atoms with Crippen LogP contribution in [-0.4, -0.2) is 42.1 Å². The van der Waals surface area contributed by atoms with E-state index in [2.05, 4.69) is 52.9 Å². The molecule has 180 valence electrons. The standard InChI is InChI=1S/C28H26F3N3O/c1-17(2)33-9-11-34(12-10-33)22-6-3-18(4-7-22)19-5-8-26-20(13-19)14-23(28(35)32-26)27-24(30)15-21(29)16-25(27)31/h3-8,13-17H,9-12H2,1-2H3,(H,32,35). The van der Waals surface area contributed by atoms with Gasteiger partial charge < -0.3 is 9.88 Å². The SMILES string of the molecule is CC(C)N1CCN(c2ccc(-c3ccc4[nH]c(=O)c(-c5c(F)cc(F)cc5F)cc4c3)cc2)CC1. The van der Waals surface area contributed by atoms with E-state index >= 15 is 0 Å². The third-order valence-electron chi connectivity index (χ3n) is 6.73. The number of aromatic amines is 1. The lowest BCUT2D eigenvalue weighted by molar-refractivity contribution is 0.209. The van der Waals surface area contributed by atoms with Gasteiger partial charge in [-0.05, 0) is 60.7 Å². The van der Waals surface area contributed by atoms with Crippen LogP contribution in [0.3, 0.4) is 0 Å². The molecule has 0 saturated carbocycles. The number of hydrogen-bond donors (Lipinski definition) is 1. The van der Waals surface area contributed by atoms with Crippen LogP contribution >= 0.6 is 0 Å². The Labute approximate surface area is 201 Å². The van der Waals surface area contributed by atoms with E-state index in [-0.39, 0.29) is 5.56 Å². The van der Waals surface area contributed by atoms with E-state index in [0.29, 0.717) is 29.1 Å². The predicted octanol–water partition coefficient (Wildman–Crippen LogP) is 5.81. The maximum Gasteiger partial charge on any atom is 0.256 e. The zero-order chi connectivity index (χ0) is 24.7. The lowest BCUT2D eigenvalue weighted by Crippen LogP contribution is -2.48. The molecule has 0 amide bonds. The minimum Gasteiger partial charge on any atom is -0.369 e. The van der Waals surface area contributed by atoms with Gasteiger partial charge in [-0.25, -0.2) is 13.2 Å². The van der Waals surface area contributed by atoms with Gasteiger partial charge in [0.2, 0.25) is 0 Å². The number of anilines is 1. The first kappa shape index (κ1) is 23.2. The Morgan fingerprint density at radius 3 is 2.06 bits per heavy atom. The summed E-state index contributed by atoms with van der Waals surface area (Å²) in [6.07, 6.45) is 0. The van der Waals surface area contributed by atoms with Gasteiger partial charge in [-0.3, -0.25) is 9.69 Å². The minimum absolute atomic E-state index is 0.180. The molecule has 0 aliphatic carbocycles. The van der Waals surface area contributed by atoms with Crippen molar-refractivity contribution in [1.29, 1.82) is 0 Å². The zero-order valence-electron chi connectivity index (χ0n) is 19.6. The minimum atomic E-state index is -1.12. The smallest absolute Gasteiger partial charge is 0.256 e. The zero-order valence-corrected chi connectivity index (χ0v) is 19.6. The molecule has 5 rings (SSSR count). The second-order valence-corrected chi connectivity index (χ2v) is 9.22. The number of pyridine rings is 1. The Morgan fingerprint density at radius 2 is 1.43 bits per heavy atom. The van der Waals surface area contributed by atoms with Crippen LogP contribution in [-0.2, 0) is 0 Å². The number of benzene rings is 3. The molecule has 0 unspecified atom stereocenters. The van der Waals surface area contributed by atoms with E-state index in [1.54, 1.807) is 6.07 Å². The molecule has 35 heavy (non-hydrogen) atoms. The van der Waals surface area contributed by atoms with Crippen LogP contribution in [0.25, 0.3) is 33.2 Å². The average molecular weight is 478 g/mol. The lowest BCUT2D eigenvalue weighted by atomic mass is 10.00. The summed E-state index contributed by atoms with van der Waals surface area (Å²) in [5.41, 5.74) is 2.26. The van der Waals surface area contributed by atoms with Crippen molar-refractivity contribution < 1.29 is 13.2 Å². The second kappa shape index (κ2) is 9.23. The van der Waals surface area contributed by atoms with Gasteiger partial charge in [-0.2, -0.15) is 0 Å². The van der Waals surface area contributed by atoms with Gasteiger partial charge in [0.25, 0.3) is 5.56 Å². The van der Waals surface area contributed by atoms with Gasteiger partial charge in [0.1, 0.15) is 17.5 Å². The molecule has 1 aliphatic rings. The van der Waals surface area contributed by atoms with Crippen LogP contribution in [0.5, 0.6) is 0 Å². The Balaban J connectivity index is 1.45. The van der Waals surface area contributed by atoms with Gasteiger partial charge in [0.05, 0.1) is 11.1 Å². The van der Waals surface area contributed by atoms with E-state index in [1.165, 1.54) is 11.8 Å². The van der Waals surface area contributed by atoms with Crippen molar-refractivity contribution >= 4 is 16.6 Å². The fraction of sp³-hybridized carbons (Fsp3) is 0.250. The fourth-order valence-corrected chi connectivity index (χ4v) is 4.73. The van der Waals surface area contributed by atoms with Crippen molar-refractivity contribution in [2.24, 2.45) is 0 Å². The quantitative estimate of drug-likeness (QED) is 0.403. The molecule has 4 nitrogen and oxygen atoms in total. The average Bonchev–Trinajstić information content (AvgIpc) is 2.84. The summed E-state index contributed by atoms with van der Waals surface area (Å²) in [6.45, 7) is 8.50. The van der Waals surface area contributed by atoms with Gasteiger partial charge in [0.15, 0.2) is 0 Å². The van der Waals surface area contributed by atoms with Crippen molar-refractivity contribution in [3.63, 3.8) is 0 Å². The van der Waals surface area contributed by atoms with Crippen LogP contribution in [0, 0.1) is 17.5 Å². The number of hydrogen-bond acceptors (Lipinski definition) is 3. The summed E-state index contributed by atoms with van der Waals surface area (Å²) in [5, 5.41) is 0.620. The monoisotopic (exact) mass is 477 g/mol. The first-order chi connectivity index (χ1) is 16.8. The number of fused-ring (bicyclic) bond motifs is 1. The van der Waals surface area contributed by atoms with Crippen LogP contribution in [0.2, 0.25) is 0 Å². The summed E-state index contributed by atoms with van der Waals surface area (Å²) in [7, 11) is 0. The van der Waals surface area contributed by atoms with Crippen LogP contribution in [0.4, 0.5) is 18.9 Å². The first-order valence-corrected chi connectivity index (χ1v) is 11.7. The van der Waals surface area contributed by atoms with Crippen molar-refractivity contribution in [3.8, 4) is 22.3 Å². The maximum atomic E-state index is 14.3. The van der Waals surface area contributed by atoms with Crippen molar-refractivity contribution in [2.75, 3.05) is 31.1 Å². The summed E-state index contributed by atoms with van der Waals surface area (Å²) >= 11 is 0. The van der Waals surface area contributed by atoms with E-state index in [9.17, 15) is 18.0 Å². The number of halogens is 3. The van der Waals surface area contributed by atoms with Gasteiger partial charge in [-0.15, -0.1) is 0 Å². The van der Waals surface area contributed by atoms with E-state index in [1.807, 2.05) is 12.1 Å². The largest absolute Gasteiger partial charge is 0.369 e. The van der Waals surface area contributed by atoms with Crippen molar-refractivity contribution in [2.45, 2.75) is 19.9 Å². The molecule has 1 fully saturated rings. The molecular weight excluding hydrogens is 451 g/mol. The molecule has 0 bridgehead atoms. The second-order valence-electron chi connectivity index (χ2n) is 9.22. The fourth-order valence-electron chi connectivity index (χ4n) is 4.73. The molecule has 4 aromatic rings. The van der Waals surface area contributed by atoms with Gasteiger partial charge in [0, 0.05) is 55.6 Å². The molecule has 0 atom stereocenters. The topological polar surface area (TPSA) is 39.3 Å². The van der Waals surface area contributed by atoms with Crippen molar-refractivity contribution in [1.82, 2.24) is 9.88 Å². The number of nitrogens with one attached hydrogen (secondary N) is 1. The summed E-state index contributed by atoms with van der Waals surface area (Å²) in [6, 6.07) is 17.0. The Hall–Kier alpha value is -3.58. The molecule has 3 aromatic carbocycles. The molecule has 7 heteroatoms. The van der Waals surface area contributed by atoms with Crippen molar-refractivity contribution in [3.05, 3.63) is 88.5 Å². The van der Waals surface area contributed by atoms with E-state index in [0.717, 1.165) is 37.3 Å². The van der Waals surface area contributed by atoms with Gasteiger partial charge in [-0.1, -0.05) is 18.2 Å². The number of piperazine rings is 1. The molecule has 1 saturated heterocycles. The molecule has 1 aliphatic heterocycles. The lowest BCUT2D eigenvalue weighted by Gasteiger charge is -2.38. The molecule has 2 heterocycles. The van der Waals surface area contributed by atoms with E-state index in [4.69, 9.17) is 0 Å². The number of aromatic nitrogens is 1. The van der Waals surface area contributed by atoms with Crippen LogP contribution in [0.1, 0.15) is 13.8 Å². The maximum absolute atomic E-state index is 14.3. The van der Waals surface area contributed by atoms with Gasteiger partial charge >= 0.3 is 0 Å². The third kappa shape index (κ3) is 4.56. The predicted molar refractivity (Wildman–Crippen MR) is 134 cm³/mol. The molecule has 1 N–H and O–H groups in total. The Morgan fingerprint density at radius 1 is 0.800 bits per heavy atom. The molecule has 0 radical (unpaired) electrons. The third-order valence-corrected chi connectivity index (χ3v) is 6.73. The summed E-state index contributed by atoms with van der Waals surface area (Å²) < 4.78 is 42.0. The molecular formula is C28H26F3N3O. The van der Waals surface area contributed by atoms with Crippen LogP contribution < -0.4 is 10.5 Å². The molecule has 0 spiro atoms.